The van der Waals surface area contributed by atoms with Gasteiger partial charge in [-0.3, -0.25) is 9.59 Å². The highest BCUT2D eigenvalue weighted by molar-refractivity contribution is 5.72. The molecule has 0 atom stereocenters. The third kappa shape index (κ3) is 24.4. The van der Waals surface area contributed by atoms with Crippen molar-refractivity contribution in [3.05, 3.63) is 29.8 Å². The number of hydrogen-bond donors (Lipinski definition) is 1. The van der Waals surface area contributed by atoms with Crippen molar-refractivity contribution in [2.75, 3.05) is 19.7 Å². The molecule has 0 saturated carbocycles. The van der Waals surface area contributed by atoms with Crippen LogP contribution in [0.5, 0.6) is 5.75 Å². The van der Waals surface area contributed by atoms with Crippen LogP contribution in [0.2, 0.25) is 0 Å². The molecule has 0 unspecified atom stereocenters. The predicted molar refractivity (Wildman–Crippen MR) is 173 cm³/mol. The predicted octanol–water partition coefficient (Wildman–Crippen LogP) is 9.89. The lowest BCUT2D eigenvalue weighted by molar-refractivity contribution is -0.144. The van der Waals surface area contributed by atoms with Crippen molar-refractivity contribution in [3.63, 3.8) is 0 Å². The molecule has 0 aromatic heterocycles. The molecule has 0 fully saturated rings. The maximum Gasteiger partial charge on any atom is 0.311 e. The largest absolute Gasteiger partial charge is 0.466 e. The van der Waals surface area contributed by atoms with Crippen molar-refractivity contribution >= 4 is 11.9 Å². The van der Waals surface area contributed by atoms with Gasteiger partial charge in [-0.2, -0.15) is 0 Å². The number of carbonyl (C=O) groups excluding carboxylic acids is 2. The van der Waals surface area contributed by atoms with Crippen molar-refractivity contribution in [2.45, 2.75) is 162 Å². The molecule has 0 amide bonds. The smallest absolute Gasteiger partial charge is 0.311 e. The summed E-state index contributed by atoms with van der Waals surface area (Å²) in [6.45, 7) is 7.19. The second-order valence-electron chi connectivity index (χ2n) is 11.7. The highest BCUT2D eigenvalue weighted by Crippen LogP contribution is 2.17. The van der Waals surface area contributed by atoms with Crippen LogP contribution in [0.3, 0.4) is 0 Å². The minimum Gasteiger partial charge on any atom is -0.466 e. The molecule has 0 spiro atoms. The van der Waals surface area contributed by atoms with Gasteiger partial charge in [0.2, 0.25) is 0 Å². The number of ether oxygens (including phenoxy) is 2. The van der Waals surface area contributed by atoms with E-state index in [0.717, 1.165) is 51.6 Å². The third-order valence-corrected chi connectivity index (χ3v) is 7.68. The van der Waals surface area contributed by atoms with E-state index in [-0.39, 0.29) is 11.9 Å². The molecule has 0 bridgehead atoms. The van der Waals surface area contributed by atoms with Crippen LogP contribution in [-0.4, -0.2) is 31.6 Å². The third-order valence-electron chi connectivity index (χ3n) is 7.68. The second kappa shape index (κ2) is 28.2. The van der Waals surface area contributed by atoms with E-state index in [4.69, 9.17) is 9.47 Å². The summed E-state index contributed by atoms with van der Waals surface area (Å²) >= 11 is 0. The molecule has 236 valence electrons. The van der Waals surface area contributed by atoms with Gasteiger partial charge in [0.1, 0.15) is 5.75 Å². The summed E-state index contributed by atoms with van der Waals surface area (Å²) in [7, 11) is 0. The lowest BCUT2D eigenvalue weighted by Crippen LogP contribution is -2.16. The Morgan fingerprint density at radius 3 is 1.80 bits per heavy atom. The summed E-state index contributed by atoms with van der Waals surface area (Å²) in [6, 6.07) is 7.99. The highest BCUT2D eigenvalue weighted by Gasteiger charge is 2.06. The van der Waals surface area contributed by atoms with Gasteiger partial charge < -0.3 is 14.8 Å². The van der Waals surface area contributed by atoms with E-state index < -0.39 is 0 Å². The van der Waals surface area contributed by atoms with E-state index in [1.54, 1.807) is 0 Å². The lowest BCUT2D eigenvalue weighted by Gasteiger charge is -2.07. The molecule has 0 saturated heterocycles. The Bertz CT molecular complexity index is 751. The molecule has 1 aromatic carbocycles. The Labute approximate surface area is 252 Å². The van der Waals surface area contributed by atoms with E-state index in [2.05, 4.69) is 25.2 Å². The first-order chi connectivity index (χ1) is 20.2. The molecule has 0 heterocycles. The number of aryl methyl sites for hydroxylation is 1. The summed E-state index contributed by atoms with van der Waals surface area (Å²) in [5, 5.41) is 3.55. The van der Waals surface area contributed by atoms with Crippen molar-refractivity contribution in [1.29, 1.82) is 0 Å². The molecule has 1 N–H and O–H groups in total. The van der Waals surface area contributed by atoms with Crippen LogP contribution >= 0.6 is 0 Å². The summed E-state index contributed by atoms with van der Waals surface area (Å²) < 4.78 is 10.9. The molecule has 5 nitrogen and oxygen atoms in total. The first-order valence-corrected chi connectivity index (χ1v) is 17.3. The SMILES string of the molecule is CCCCCCCCCOC(=O)CCCCCCCNCCCCCCCC(=O)Oc1cccc(CCCCC)c1. The van der Waals surface area contributed by atoms with Gasteiger partial charge in [0.15, 0.2) is 0 Å². The standard InChI is InChI=1S/C36H63NO4/c1-3-5-7-8-9-16-22-31-40-35(38)27-18-12-10-14-20-29-37-30-21-15-11-13-19-28-36(39)41-34-26-23-25-33(32-34)24-17-6-4-2/h23,25-26,32,37H,3-22,24,27-31H2,1-2H3. The van der Waals surface area contributed by atoms with Crippen molar-refractivity contribution in [3.8, 4) is 5.75 Å². The first-order valence-electron chi connectivity index (χ1n) is 17.3. The van der Waals surface area contributed by atoms with E-state index in [9.17, 15) is 9.59 Å². The monoisotopic (exact) mass is 573 g/mol. The topological polar surface area (TPSA) is 64.6 Å². The van der Waals surface area contributed by atoms with Gasteiger partial charge in [0, 0.05) is 12.8 Å². The van der Waals surface area contributed by atoms with Gasteiger partial charge in [-0.15, -0.1) is 0 Å². The van der Waals surface area contributed by atoms with E-state index in [1.165, 1.54) is 102 Å². The molecular formula is C36H63NO4. The molecule has 41 heavy (non-hydrogen) atoms. The van der Waals surface area contributed by atoms with Crippen molar-refractivity contribution in [1.82, 2.24) is 5.32 Å². The molecular weight excluding hydrogens is 510 g/mol. The van der Waals surface area contributed by atoms with Crippen LogP contribution in [-0.2, 0) is 20.7 Å². The van der Waals surface area contributed by atoms with Gasteiger partial charge in [0.05, 0.1) is 6.61 Å². The van der Waals surface area contributed by atoms with Gasteiger partial charge >= 0.3 is 11.9 Å². The molecule has 0 aliphatic carbocycles. The van der Waals surface area contributed by atoms with Crippen molar-refractivity contribution < 1.29 is 19.1 Å². The van der Waals surface area contributed by atoms with Crippen LogP contribution in [0.15, 0.2) is 24.3 Å². The molecule has 1 rings (SSSR count). The Morgan fingerprint density at radius 1 is 0.610 bits per heavy atom. The molecule has 5 heteroatoms. The van der Waals surface area contributed by atoms with Crippen LogP contribution < -0.4 is 10.1 Å². The number of hydrogen-bond acceptors (Lipinski definition) is 5. The van der Waals surface area contributed by atoms with Crippen LogP contribution in [0, 0.1) is 0 Å². The zero-order valence-electron chi connectivity index (χ0n) is 26.8. The molecule has 0 aliphatic rings. The number of esters is 2. The van der Waals surface area contributed by atoms with Gasteiger partial charge in [0.25, 0.3) is 0 Å². The first kappa shape index (κ1) is 37.1. The van der Waals surface area contributed by atoms with E-state index >= 15 is 0 Å². The Hall–Kier alpha value is -1.88. The number of unbranched alkanes of at least 4 members (excludes halogenated alkanes) is 16. The second-order valence-corrected chi connectivity index (χ2v) is 11.7. The Morgan fingerprint density at radius 2 is 1.15 bits per heavy atom. The van der Waals surface area contributed by atoms with E-state index in [0.29, 0.717) is 25.2 Å². The van der Waals surface area contributed by atoms with Gasteiger partial charge in [-0.05, 0) is 75.7 Å². The zero-order chi connectivity index (χ0) is 29.6. The van der Waals surface area contributed by atoms with Crippen LogP contribution in [0.1, 0.15) is 161 Å². The number of carbonyl (C=O) groups is 2. The fourth-order valence-corrected chi connectivity index (χ4v) is 5.07. The molecule has 0 aliphatic heterocycles. The minimum absolute atomic E-state index is 0.0173. The quantitative estimate of drug-likeness (QED) is 0.0587. The Kier molecular flexibility index (Phi) is 25.6. The summed E-state index contributed by atoms with van der Waals surface area (Å²) in [4.78, 5) is 24.0. The average molecular weight is 574 g/mol. The number of benzene rings is 1. The van der Waals surface area contributed by atoms with Crippen LogP contribution in [0.25, 0.3) is 0 Å². The fraction of sp³-hybridized carbons (Fsp3) is 0.778. The van der Waals surface area contributed by atoms with Gasteiger partial charge in [-0.25, -0.2) is 0 Å². The minimum atomic E-state index is -0.115. The Balaban J connectivity index is 1.82. The lowest BCUT2D eigenvalue weighted by atomic mass is 10.1. The number of rotatable bonds is 29. The maximum atomic E-state index is 12.2. The average Bonchev–Trinajstić information content (AvgIpc) is 2.97. The normalized spacial score (nSPS) is 11.1. The van der Waals surface area contributed by atoms with Crippen LogP contribution in [0.4, 0.5) is 0 Å². The van der Waals surface area contributed by atoms with E-state index in [1.807, 2.05) is 18.2 Å². The number of nitrogens with one attached hydrogen (secondary N) is 1. The molecule has 0 radical (unpaired) electrons. The maximum absolute atomic E-state index is 12.2. The zero-order valence-corrected chi connectivity index (χ0v) is 26.8. The highest BCUT2D eigenvalue weighted by atomic mass is 16.5. The summed E-state index contributed by atoms with van der Waals surface area (Å²) in [5.41, 5.74) is 1.25. The van der Waals surface area contributed by atoms with Gasteiger partial charge in [-0.1, -0.05) is 116 Å². The summed E-state index contributed by atoms with van der Waals surface area (Å²) in [5.74, 6) is 0.552. The molecule has 1 aromatic rings. The fourth-order valence-electron chi connectivity index (χ4n) is 5.07. The van der Waals surface area contributed by atoms with Crippen molar-refractivity contribution in [2.24, 2.45) is 0 Å². The summed E-state index contributed by atoms with van der Waals surface area (Å²) in [6.07, 6.45) is 25.7.